The van der Waals surface area contributed by atoms with Gasteiger partial charge in [-0.3, -0.25) is 15.5 Å². The smallest absolute Gasteiger partial charge is 0.270 e. The molecule has 0 fully saturated rings. The minimum atomic E-state index is -0.406. The second kappa shape index (κ2) is 6.34. The second-order valence-corrected chi connectivity index (χ2v) is 6.88. The molecule has 0 spiro atoms. The van der Waals surface area contributed by atoms with E-state index in [1.165, 1.54) is 23.9 Å². The van der Waals surface area contributed by atoms with Gasteiger partial charge >= 0.3 is 0 Å². The molecule has 0 aliphatic carbocycles. The first-order valence-corrected chi connectivity index (χ1v) is 8.90. The maximum absolute atomic E-state index is 11.0. The molecule has 2 aromatic carbocycles. The Kier molecular flexibility index (Phi) is 4.02. The van der Waals surface area contributed by atoms with E-state index < -0.39 is 4.92 Å². The molecule has 1 aliphatic heterocycles. The average molecular weight is 416 g/mol. The van der Waals surface area contributed by atoms with E-state index in [2.05, 4.69) is 31.6 Å². The van der Waals surface area contributed by atoms with Crippen molar-refractivity contribution in [1.82, 2.24) is 14.9 Å². The Labute approximate surface area is 155 Å². The minimum absolute atomic E-state index is 0.0470. The van der Waals surface area contributed by atoms with Crippen LogP contribution in [0.2, 0.25) is 0 Å². The number of benzene rings is 2. The van der Waals surface area contributed by atoms with Crippen LogP contribution in [0.4, 0.5) is 5.69 Å². The molecule has 1 aliphatic rings. The lowest BCUT2D eigenvalue weighted by Crippen LogP contribution is -2.18. The Balaban J connectivity index is 1.72. The topological polar surface area (TPSA) is 85.9 Å². The highest BCUT2D eigenvalue weighted by Gasteiger charge is 2.21. The zero-order chi connectivity index (χ0) is 17.4. The van der Waals surface area contributed by atoms with Gasteiger partial charge in [0.15, 0.2) is 5.82 Å². The first kappa shape index (κ1) is 15.9. The number of thioether (sulfide) groups is 1. The van der Waals surface area contributed by atoms with Crippen LogP contribution in [0.3, 0.4) is 0 Å². The lowest BCUT2D eigenvalue weighted by molar-refractivity contribution is -0.384. The van der Waals surface area contributed by atoms with Crippen molar-refractivity contribution in [3.05, 3.63) is 74.1 Å². The van der Waals surface area contributed by atoms with E-state index in [4.69, 9.17) is 0 Å². The third-order valence-electron chi connectivity index (χ3n) is 3.63. The molecule has 4 rings (SSSR count). The fourth-order valence-corrected chi connectivity index (χ4v) is 3.64. The molecule has 25 heavy (non-hydrogen) atoms. The number of rotatable bonds is 3. The zero-order valence-corrected chi connectivity index (χ0v) is 15.0. The van der Waals surface area contributed by atoms with Crippen LogP contribution in [0, 0.1) is 10.1 Å². The number of nitrogens with one attached hydrogen (secondary N) is 1. The standard InChI is InChI=1S/C16H10BrN5O2S/c17-13-7-2-1-6-12(13)15-18-19-16-21(15)20-14(9-25-16)10-4-3-5-11(8-10)22(23)24/h1-9,20H. The monoisotopic (exact) mass is 415 g/mol. The van der Waals surface area contributed by atoms with Crippen LogP contribution >= 0.6 is 27.7 Å². The maximum Gasteiger partial charge on any atom is 0.270 e. The average Bonchev–Trinajstić information content (AvgIpc) is 3.05. The summed E-state index contributed by atoms with van der Waals surface area (Å²) in [6.45, 7) is 0. The van der Waals surface area contributed by atoms with Gasteiger partial charge in [-0.25, -0.2) is 4.68 Å². The molecule has 9 heteroatoms. The highest BCUT2D eigenvalue weighted by Crippen LogP contribution is 2.34. The van der Waals surface area contributed by atoms with Crippen molar-refractivity contribution in [3.8, 4) is 11.4 Å². The van der Waals surface area contributed by atoms with Gasteiger partial charge in [0.05, 0.1) is 10.6 Å². The van der Waals surface area contributed by atoms with Crippen LogP contribution in [-0.2, 0) is 0 Å². The van der Waals surface area contributed by atoms with Crippen LogP contribution in [0.5, 0.6) is 0 Å². The molecule has 0 saturated heterocycles. The lowest BCUT2D eigenvalue weighted by Gasteiger charge is -2.19. The SMILES string of the molecule is O=[N+]([O-])c1cccc(C2=CSc3nnc(-c4ccccc4Br)n3N2)c1. The molecule has 7 nitrogen and oxygen atoms in total. The number of hydrogen-bond donors (Lipinski definition) is 1. The summed E-state index contributed by atoms with van der Waals surface area (Å²) in [7, 11) is 0. The number of fused-ring (bicyclic) bond motifs is 1. The summed E-state index contributed by atoms with van der Waals surface area (Å²) in [6, 6.07) is 14.2. The predicted molar refractivity (Wildman–Crippen MR) is 99.4 cm³/mol. The van der Waals surface area contributed by atoms with Gasteiger partial charge in [0, 0.05) is 33.1 Å². The van der Waals surface area contributed by atoms with Crippen LogP contribution in [0.25, 0.3) is 17.1 Å². The molecule has 1 N–H and O–H groups in total. The molecule has 2 heterocycles. The number of non-ortho nitro benzene ring substituents is 1. The zero-order valence-electron chi connectivity index (χ0n) is 12.6. The van der Waals surface area contributed by atoms with Crippen molar-refractivity contribution in [2.24, 2.45) is 0 Å². The fraction of sp³-hybridized carbons (Fsp3) is 0. The van der Waals surface area contributed by atoms with Crippen molar-refractivity contribution in [1.29, 1.82) is 0 Å². The summed E-state index contributed by atoms with van der Waals surface area (Å²) in [5.41, 5.74) is 5.65. The molecular formula is C16H10BrN5O2S. The van der Waals surface area contributed by atoms with Gasteiger partial charge in [0.2, 0.25) is 5.16 Å². The summed E-state index contributed by atoms with van der Waals surface area (Å²) in [6.07, 6.45) is 0. The number of hydrogen-bond acceptors (Lipinski definition) is 6. The molecule has 0 amide bonds. The molecule has 124 valence electrons. The molecule has 3 aromatic rings. The first-order chi connectivity index (χ1) is 12.1. The lowest BCUT2D eigenvalue weighted by atomic mass is 10.1. The molecule has 0 bridgehead atoms. The maximum atomic E-state index is 11.0. The van der Waals surface area contributed by atoms with E-state index in [1.807, 2.05) is 35.7 Å². The van der Waals surface area contributed by atoms with Gasteiger partial charge in [0.25, 0.3) is 5.69 Å². The molecule has 0 saturated carbocycles. The Morgan fingerprint density at radius 1 is 1.16 bits per heavy atom. The van der Waals surface area contributed by atoms with Crippen molar-refractivity contribution in [2.45, 2.75) is 5.16 Å². The summed E-state index contributed by atoms with van der Waals surface area (Å²) in [4.78, 5) is 10.6. The van der Waals surface area contributed by atoms with E-state index in [1.54, 1.807) is 10.7 Å². The Morgan fingerprint density at radius 2 is 2.00 bits per heavy atom. The van der Waals surface area contributed by atoms with E-state index in [0.717, 1.165) is 21.3 Å². The number of nitro groups is 1. The molecule has 0 unspecified atom stereocenters. The van der Waals surface area contributed by atoms with Crippen LogP contribution < -0.4 is 5.43 Å². The van der Waals surface area contributed by atoms with Crippen LogP contribution in [-0.4, -0.2) is 19.8 Å². The Bertz CT molecular complexity index is 1020. The van der Waals surface area contributed by atoms with E-state index >= 15 is 0 Å². The van der Waals surface area contributed by atoms with Crippen LogP contribution in [0.15, 0.2) is 63.6 Å². The fourth-order valence-electron chi connectivity index (χ4n) is 2.44. The third kappa shape index (κ3) is 2.92. The first-order valence-electron chi connectivity index (χ1n) is 7.22. The minimum Gasteiger partial charge on any atom is -0.289 e. The predicted octanol–water partition coefficient (Wildman–Crippen LogP) is 4.26. The van der Waals surface area contributed by atoms with Crippen molar-refractivity contribution >= 4 is 39.1 Å². The van der Waals surface area contributed by atoms with Gasteiger partial charge < -0.3 is 0 Å². The highest BCUT2D eigenvalue weighted by molar-refractivity contribution is 9.10. The van der Waals surface area contributed by atoms with E-state index in [9.17, 15) is 10.1 Å². The number of nitrogens with zero attached hydrogens (tertiary/aromatic N) is 4. The van der Waals surface area contributed by atoms with Gasteiger partial charge in [-0.15, -0.1) is 10.2 Å². The summed E-state index contributed by atoms with van der Waals surface area (Å²) in [5, 5.41) is 22.0. The largest absolute Gasteiger partial charge is 0.289 e. The van der Waals surface area contributed by atoms with Crippen LogP contribution in [0.1, 0.15) is 5.56 Å². The van der Waals surface area contributed by atoms with E-state index in [0.29, 0.717) is 11.0 Å². The summed E-state index contributed by atoms with van der Waals surface area (Å²) >= 11 is 4.93. The Morgan fingerprint density at radius 3 is 2.80 bits per heavy atom. The number of nitro benzene ring substituents is 1. The van der Waals surface area contributed by atoms with E-state index in [-0.39, 0.29) is 5.69 Å². The number of aromatic nitrogens is 3. The van der Waals surface area contributed by atoms with Crippen molar-refractivity contribution in [2.75, 3.05) is 5.43 Å². The summed E-state index contributed by atoms with van der Waals surface area (Å²) in [5.74, 6) is 0.658. The molecule has 0 atom stereocenters. The highest BCUT2D eigenvalue weighted by atomic mass is 79.9. The Hall–Kier alpha value is -2.65. The van der Waals surface area contributed by atoms with Crippen molar-refractivity contribution in [3.63, 3.8) is 0 Å². The third-order valence-corrected chi connectivity index (χ3v) is 5.15. The number of halogens is 1. The normalized spacial score (nSPS) is 12.9. The quantitative estimate of drug-likeness (QED) is 0.507. The van der Waals surface area contributed by atoms with Gasteiger partial charge in [0.1, 0.15) is 0 Å². The summed E-state index contributed by atoms with van der Waals surface area (Å²) < 4.78 is 2.68. The molecule has 1 aromatic heterocycles. The molecular weight excluding hydrogens is 406 g/mol. The van der Waals surface area contributed by atoms with Gasteiger partial charge in [-0.1, -0.05) is 52.0 Å². The molecule has 0 radical (unpaired) electrons. The van der Waals surface area contributed by atoms with Gasteiger partial charge in [-0.2, -0.15) is 0 Å². The van der Waals surface area contributed by atoms with Gasteiger partial charge in [-0.05, 0) is 12.1 Å². The van der Waals surface area contributed by atoms with Crippen molar-refractivity contribution < 1.29 is 4.92 Å². The second-order valence-electron chi connectivity index (χ2n) is 5.19.